The zero-order valence-corrected chi connectivity index (χ0v) is 8.80. The van der Waals surface area contributed by atoms with Crippen molar-refractivity contribution in [1.29, 1.82) is 0 Å². The minimum atomic E-state index is 0.762. The summed E-state index contributed by atoms with van der Waals surface area (Å²) in [4.78, 5) is 0. The van der Waals surface area contributed by atoms with Crippen LogP contribution < -0.4 is 0 Å². The lowest BCUT2D eigenvalue weighted by atomic mass is 9.98. The van der Waals surface area contributed by atoms with Crippen LogP contribution in [-0.4, -0.2) is 0 Å². The van der Waals surface area contributed by atoms with Crippen molar-refractivity contribution >= 4 is 0 Å². The maximum atomic E-state index is 4.01. The molecule has 0 aromatic rings. The van der Waals surface area contributed by atoms with Crippen LogP contribution >= 0.6 is 0 Å². The number of rotatable bonds is 1. The van der Waals surface area contributed by atoms with E-state index in [1.807, 2.05) is 0 Å². The van der Waals surface area contributed by atoms with E-state index in [1.54, 1.807) is 0 Å². The lowest BCUT2D eigenvalue weighted by molar-refractivity contribution is 0.525. The van der Waals surface area contributed by atoms with Gasteiger partial charge in [-0.3, -0.25) is 0 Å². The highest BCUT2D eigenvalue weighted by atomic mass is 14.1. The summed E-state index contributed by atoms with van der Waals surface area (Å²) in [5.41, 5.74) is 0. The summed E-state index contributed by atoms with van der Waals surface area (Å²) >= 11 is 0. The molecule has 0 bridgehead atoms. The third kappa shape index (κ3) is 5.13. The predicted octanol–water partition coefficient (Wildman–Crippen LogP) is 4.52. The van der Waals surface area contributed by atoms with Crippen LogP contribution in [0, 0.1) is 12.8 Å². The average Bonchev–Trinajstić information content (AvgIpc) is 2.22. The minimum absolute atomic E-state index is 0.762. The molecule has 0 heteroatoms. The Morgan fingerprint density at radius 2 is 1.69 bits per heavy atom. The fraction of sp³-hybridized carbons (Fsp3) is 0.769. The Morgan fingerprint density at radius 1 is 1.00 bits per heavy atom. The van der Waals surface area contributed by atoms with Crippen molar-refractivity contribution in [2.75, 3.05) is 0 Å². The summed E-state index contributed by atoms with van der Waals surface area (Å²) in [6.07, 6.45) is 17.1. The first-order valence-electron chi connectivity index (χ1n) is 5.89. The Hall–Kier alpha value is -0.260. The SMILES string of the molecule is [CH2]CC1/C=C/CCCCCCCC1. The first kappa shape index (κ1) is 10.8. The van der Waals surface area contributed by atoms with Gasteiger partial charge in [0.05, 0.1) is 0 Å². The maximum absolute atomic E-state index is 4.01. The van der Waals surface area contributed by atoms with Crippen molar-refractivity contribution in [3.05, 3.63) is 19.1 Å². The highest BCUT2D eigenvalue weighted by Crippen LogP contribution is 2.18. The van der Waals surface area contributed by atoms with Crippen molar-refractivity contribution in [3.8, 4) is 0 Å². The standard InChI is InChI=1S/C13H23/c1-2-13-11-9-7-5-3-4-6-8-10-12-13/h9,11,13H,1-8,10,12H2/b11-9+. The van der Waals surface area contributed by atoms with Gasteiger partial charge < -0.3 is 0 Å². The van der Waals surface area contributed by atoms with Gasteiger partial charge >= 0.3 is 0 Å². The van der Waals surface area contributed by atoms with E-state index >= 15 is 0 Å². The summed E-state index contributed by atoms with van der Waals surface area (Å²) in [5, 5.41) is 0. The topological polar surface area (TPSA) is 0 Å². The molecule has 0 nitrogen and oxygen atoms in total. The normalized spacial score (nSPS) is 29.2. The van der Waals surface area contributed by atoms with E-state index in [2.05, 4.69) is 19.1 Å². The summed E-state index contributed by atoms with van der Waals surface area (Å²) in [5.74, 6) is 0.762. The molecule has 0 saturated carbocycles. The summed E-state index contributed by atoms with van der Waals surface area (Å²) in [6.45, 7) is 4.01. The zero-order valence-electron chi connectivity index (χ0n) is 8.80. The van der Waals surface area contributed by atoms with Gasteiger partial charge in [0.25, 0.3) is 0 Å². The van der Waals surface area contributed by atoms with Crippen LogP contribution in [0.25, 0.3) is 0 Å². The fourth-order valence-corrected chi connectivity index (χ4v) is 2.00. The van der Waals surface area contributed by atoms with E-state index in [9.17, 15) is 0 Å². The molecular weight excluding hydrogens is 156 g/mol. The Labute approximate surface area is 83.4 Å². The molecule has 0 aromatic heterocycles. The van der Waals surface area contributed by atoms with E-state index in [1.165, 1.54) is 51.4 Å². The van der Waals surface area contributed by atoms with E-state index in [0.717, 1.165) is 12.3 Å². The Kier molecular flexibility index (Phi) is 5.97. The fourth-order valence-electron chi connectivity index (χ4n) is 2.00. The maximum Gasteiger partial charge on any atom is -0.0234 e. The molecule has 0 fully saturated rings. The highest BCUT2D eigenvalue weighted by molar-refractivity contribution is 4.89. The summed E-state index contributed by atoms with van der Waals surface area (Å²) in [6, 6.07) is 0. The number of hydrogen-bond acceptors (Lipinski definition) is 0. The Balaban J connectivity index is 2.29. The average molecular weight is 179 g/mol. The minimum Gasteiger partial charge on any atom is -0.0883 e. The van der Waals surface area contributed by atoms with Gasteiger partial charge in [-0.05, 0) is 31.6 Å². The van der Waals surface area contributed by atoms with Gasteiger partial charge in [0.2, 0.25) is 0 Å². The zero-order chi connectivity index (χ0) is 9.36. The molecule has 1 atom stereocenters. The van der Waals surface area contributed by atoms with Crippen LogP contribution in [-0.2, 0) is 0 Å². The van der Waals surface area contributed by atoms with Gasteiger partial charge in [0.1, 0.15) is 0 Å². The van der Waals surface area contributed by atoms with Crippen LogP contribution in [0.5, 0.6) is 0 Å². The third-order valence-corrected chi connectivity index (χ3v) is 2.97. The van der Waals surface area contributed by atoms with Gasteiger partial charge in [0, 0.05) is 0 Å². The summed E-state index contributed by atoms with van der Waals surface area (Å²) in [7, 11) is 0. The molecule has 0 aliphatic heterocycles. The van der Waals surface area contributed by atoms with Crippen molar-refractivity contribution in [3.63, 3.8) is 0 Å². The monoisotopic (exact) mass is 179 g/mol. The van der Waals surface area contributed by atoms with Gasteiger partial charge in [-0.1, -0.05) is 51.2 Å². The molecule has 0 saturated heterocycles. The molecular formula is C13H23. The van der Waals surface area contributed by atoms with Crippen molar-refractivity contribution in [2.45, 2.75) is 57.8 Å². The van der Waals surface area contributed by atoms with E-state index in [0.29, 0.717) is 0 Å². The van der Waals surface area contributed by atoms with Gasteiger partial charge in [-0.15, -0.1) is 0 Å². The second-order valence-corrected chi connectivity index (χ2v) is 4.18. The Morgan fingerprint density at radius 3 is 2.46 bits per heavy atom. The molecule has 0 aromatic carbocycles. The molecule has 0 spiro atoms. The molecule has 1 radical (unpaired) electrons. The van der Waals surface area contributed by atoms with Crippen LogP contribution in [0.15, 0.2) is 12.2 Å². The molecule has 0 N–H and O–H groups in total. The molecule has 0 heterocycles. The second kappa shape index (κ2) is 7.17. The van der Waals surface area contributed by atoms with Crippen molar-refractivity contribution in [2.24, 2.45) is 5.92 Å². The van der Waals surface area contributed by atoms with Crippen LogP contribution in [0.1, 0.15) is 57.8 Å². The van der Waals surface area contributed by atoms with E-state index in [4.69, 9.17) is 0 Å². The van der Waals surface area contributed by atoms with E-state index in [-0.39, 0.29) is 0 Å². The van der Waals surface area contributed by atoms with Gasteiger partial charge in [0.15, 0.2) is 0 Å². The van der Waals surface area contributed by atoms with Crippen LogP contribution in [0.3, 0.4) is 0 Å². The Bertz CT molecular complexity index is 135. The molecule has 1 aliphatic carbocycles. The quantitative estimate of drug-likeness (QED) is 0.519. The second-order valence-electron chi connectivity index (χ2n) is 4.18. The lowest BCUT2D eigenvalue weighted by Crippen LogP contribution is -1.94. The smallest absolute Gasteiger partial charge is 0.0234 e. The highest BCUT2D eigenvalue weighted by Gasteiger charge is 2.02. The largest absolute Gasteiger partial charge is 0.0883 e. The van der Waals surface area contributed by atoms with Gasteiger partial charge in [-0.2, -0.15) is 0 Å². The molecule has 13 heavy (non-hydrogen) atoms. The van der Waals surface area contributed by atoms with Gasteiger partial charge in [-0.25, -0.2) is 0 Å². The molecule has 0 amide bonds. The predicted molar refractivity (Wildman–Crippen MR) is 59.5 cm³/mol. The van der Waals surface area contributed by atoms with Crippen molar-refractivity contribution in [1.82, 2.24) is 0 Å². The van der Waals surface area contributed by atoms with Crippen molar-refractivity contribution < 1.29 is 0 Å². The molecule has 1 rings (SSSR count). The lowest BCUT2D eigenvalue weighted by Gasteiger charge is -2.08. The first-order chi connectivity index (χ1) is 6.43. The molecule has 1 aliphatic rings. The molecule has 75 valence electrons. The van der Waals surface area contributed by atoms with Crippen LogP contribution in [0.4, 0.5) is 0 Å². The number of allylic oxidation sites excluding steroid dienone is 2. The molecule has 1 unspecified atom stereocenters. The summed E-state index contributed by atoms with van der Waals surface area (Å²) < 4.78 is 0. The third-order valence-electron chi connectivity index (χ3n) is 2.97. The van der Waals surface area contributed by atoms with E-state index < -0.39 is 0 Å². The number of hydrogen-bond donors (Lipinski definition) is 0. The van der Waals surface area contributed by atoms with Crippen LogP contribution in [0.2, 0.25) is 0 Å². The first-order valence-corrected chi connectivity index (χ1v) is 5.89.